The molecule has 6 heteroatoms. The van der Waals surface area contributed by atoms with Gasteiger partial charge in [0, 0.05) is 0 Å². The molecule has 0 radical (unpaired) electrons. The number of ether oxygens (including phenoxy) is 6. The summed E-state index contributed by atoms with van der Waals surface area (Å²) in [6, 6.07) is 0. The Hall–Kier alpha value is -0.240. The lowest BCUT2D eigenvalue weighted by Gasteiger charge is -2.47. The first-order chi connectivity index (χ1) is 32.3. The number of unbranched alkanes of at least 4 members (excludes halogenated alkanes) is 33. The zero-order chi connectivity index (χ0) is 47.1. The van der Waals surface area contributed by atoms with Crippen molar-refractivity contribution in [3.05, 3.63) is 0 Å². The summed E-state index contributed by atoms with van der Waals surface area (Å²) in [5, 5.41) is 0. The minimum atomic E-state index is -0.229. The molecule has 3 aliphatic rings. The van der Waals surface area contributed by atoms with Gasteiger partial charge in [0.15, 0.2) is 18.9 Å². The average Bonchev–Trinajstić information content (AvgIpc) is 3.77. The second kappa shape index (κ2) is 41.4. The van der Waals surface area contributed by atoms with E-state index in [1.807, 2.05) is 0 Å². The van der Waals surface area contributed by atoms with Gasteiger partial charge in [-0.2, -0.15) is 0 Å². The van der Waals surface area contributed by atoms with Gasteiger partial charge in [0.1, 0.15) is 24.4 Å². The Labute approximate surface area is 412 Å². The van der Waals surface area contributed by atoms with Crippen molar-refractivity contribution in [2.75, 3.05) is 13.2 Å². The smallest absolute Gasteiger partial charge is 0.158 e. The van der Waals surface area contributed by atoms with Crippen molar-refractivity contribution < 1.29 is 28.4 Å². The van der Waals surface area contributed by atoms with Crippen molar-refractivity contribution in [2.45, 2.75) is 355 Å². The second-order valence-corrected chi connectivity index (χ2v) is 23.1. The van der Waals surface area contributed by atoms with Gasteiger partial charge in [-0.15, -0.1) is 0 Å². The Morgan fingerprint density at radius 2 is 0.470 bits per heavy atom. The van der Waals surface area contributed by atoms with Gasteiger partial charge in [0.2, 0.25) is 0 Å². The quantitative estimate of drug-likeness (QED) is 0.0567. The van der Waals surface area contributed by atoms with E-state index >= 15 is 0 Å². The van der Waals surface area contributed by atoms with Crippen LogP contribution in [-0.2, 0) is 28.4 Å². The SMILES string of the molecule is CC(C)CCCCCCCCCCCCCCC1OC[C@@H]2OC(CCCCCCCCCCCCCCC(C)C)O[C@H]([C@H]3COC(CCCCCCCCCCCCCCC(C)C)O3)[C@@H]2O1. The summed E-state index contributed by atoms with van der Waals surface area (Å²) < 4.78 is 39.4. The van der Waals surface area contributed by atoms with E-state index in [2.05, 4.69) is 41.5 Å². The van der Waals surface area contributed by atoms with Crippen LogP contribution < -0.4 is 0 Å². The third kappa shape index (κ3) is 31.9. The molecule has 3 saturated heterocycles. The summed E-state index contributed by atoms with van der Waals surface area (Å²) in [5.41, 5.74) is 0. The second-order valence-electron chi connectivity index (χ2n) is 23.1. The Balaban J connectivity index is 1.30. The molecule has 3 fully saturated rings. The summed E-state index contributed by atoms with van der Waals surface area (Å²) in [6.07, 6.45) is 55.1. The van der Waals surface area contributed by atoms with Crippen molar-refractivity contribution in [1.82, 2.24) is 0 Å². The molecule has 3 rings (SSSR count). The molecule has 3 unspecified atom stereocenters. The fourth-order valence-corrected chi connectivity index (χ4v) is 10.8. The minimum absolute atomic E-state index is 0.113. The molecule has 0 aromatic heterocycles. The van der Waals surface area contributed by atoms with Crippen LogP contribution in [0.15, 0.2) is 0 Å². The Bertz CT molecular complexity index is 1030. The van der Waals surface area contributed by atoms with E-state index in [4.69, 9.17) is 28.4 Å². The van der Waals surface area contributed by atoms with Crippen LogP contribution in [0.5, 0.6) is 0 Å². The van der Waals surface area contributed by atoms with Crippen LogP contribution >= 0.6 is 0 Å². The maximum Gasteiger partial charge on any atom is 0.158 e. The number of rotatable bonds is 46. The van der Waals surface area contributed by atoms with E-state index in [-0.39, 0.29) is 43.3 Å². The van der Waals surface area contributed by atoms with Crippen LogP contribution in [0.25, 0.3) is 0 Å². The summed E-state index contributed by atoms with van der Waals surface area (Å²) in [4.78, 5) is 0. The standard InChI is InChI=1S/C60H116O6/c1-51(2)43-37-31-25-19-13-7-10-16-22-28-34-40-46-56-61-49-54(63-56)60-59-55(64-58(66-60)48-42-36-30-24-18-12-9-15-21-27-33-39-45-53(5)6)50-62-57(65-59)47-41-35-29-23-17-11-8-14-20-26-32-38-44-52(3)4/h51-60H,7-50H2,1-6H3/t54-,55+,56?,57?,58?,59-,60-/m1/s1. The van der Waals surface area contributed by atoms with Gasteiger partial charge in [-0.25, -0.2) is 0 Å². The molecule has 0 bridgehead atoms. The fourth-order valence-electron chi connectivity index (χ4n) is 10.8. The van der Waals surface area contributed by atoms with Gasteiger partial charge in [-0.3, -0.25) is 0 Å². The van der Waals surface area contributed by atoms with Crippen LogP contribution in [-0.4, -0.2) is 56.5 Å². The molecule has 3 aliphatic heterocycles. The van der Waals surface area contributed by atoms with Crippen LogP contribution in [0.1, 0.15) is 311 Å². The van der Waals surface area contributed by atoms with Gasteiger partial charge in [-0.05, 0) is 56.3 Å². The fraction of sp³-hybridized carbons (Fsp3) is 1.00. The Morgan fingerprint density at radius 1 is 0.258 bits per heavy atom. The summed E-state index contributed by atoms with van der Waals surface area (Å²) in [6.45, 7) is 15.2. The highest BCUT2D eigenvalue weighted by Gasteiger charge is 2.50. The predicted octanol–water partition coefficient (Wildman–Crippen LogP) is 18.9. The number of hydrogen-bond acceptors (Lipinski definition) is 6. The Kier molecular flexibility index (Phi) is 37.7. The first-order valence-electron chi connectivity index (χ1n) is 30.2. The van der Waals surface area contributed by atoms with E-state index < -0.39 is 0 Å². The molecule has 0 saturated carbocycles. The maximum absolute atomic E-state index is 6.81. The van der Waals surface area contributed by atoms with Gasteiger partial charge in [0.25, 0.3) is 0 Å². The third-order valence-electron chi connectivity index (χ3n) is 15.1. The van der Waals surface area contributed by atoms with Crippen molar-refractivity contribution in [3.63, 3.8) is 0 Å². The van der Waals surface area contributed by atoms with E-state index in [1.54, 1.807) is 0 Å². The average molecular weight is 934 g/mol. The highest BCUT2D eigenvalue weighted by Crippen LogP contribution is 2.35. The first-order valence-corrected chi connectivity index (χ1v) is 30.2. The highest BCUT2D eigenvalue weighted by atomic mass is 16.8. The topological polar surface area (TPSA) is 55.4 Å². The normalized spacial score (nSPS) is 23.5. The summed E-state index contributed by atoms with van der Waals surface area (Å²) >= 11 is 0. The van der Waals surface area contributed by atoms with E-state index in [0.717, 1.165) is 49.9 Å². The van der Waals surface area contributed by atoms with E-state index in [1.165, 1.54) is 238 Å². The molecule has 0 amide bonds. The third-order valence-corrected chi connectivity index (χ3v) is 15.1. The van der Waals surface area contributed by atoms with Gasteiger partial charge in [0.05, 0.1) is 13.2 Å². The minimum Gasteiger partial charge on any atom is -0.350 e. The molecule has 0 aliphatic carbocycles. The molecular formula is C60H116O6. The predicted molar refractivity (Wildman–Crippen MR) is 281 cm³/mol. The van der Waals surface area contributed by atoms with E-state index in [9.17, 15) is 0 Å². The molecule has 3 heterocycles. The lowest BCUT2D eigenvalue weighted by atomic mass is 9.99. The maximum atomic E-state index is 6.81. The molecule has 0 N–H and O–H groups in total. The van der Waals surface area contributed by atoms with Crippen LogP contribution in [0.2, 0.25) is 0 Å². The zero-order valence-electron chi connectivity index (χ0n) is 45.3. The zero-order valence-corrected chi connectivity index (χ0v) is 45.3. The number of hydrogen-bond donors (Lipinski definition) is 0. The molecule has 392 valence electrons. The molecule has 7 atom stereocenters. The summed E-state index contributed by atoms with van der Waals surface area (Å²) in [5.74, 6) is 2.58. The van der Waals surface area contributed by atoms with Gasteiger partial charge in [-0.1, -0.05) is 273 Å². The van der Waals surface area contributed by atoms with Gasteiger partial charge < -0.3 is 28.4 Å². The Morgan fingerprint density at radius 3 is 0.758 bits per heavy atom. The van der Waals surface area contributed by atoms with Crippen molar-refractivity contribution in [2.24, 2.45) is 17.8 Å². The summed E-state index contributed by atoms with van der Waals surface area (Å²) in [7, 11) is 0. The van der Waals surface area contributed by atoms with Gasteiger partial charge >= 0.3 is 0 Å². The molecule has 66 heavy (non-hydrogen) atoms. The van der Waals surface area contributed by atoms with Crippen molar-refractivity contribution in [1.29, 1.82) is 0 Å². The highest BCUT2D eigenvalue weighted by molar-refractivity contribution is 4.92. The molecule has 0 spiro atoms. The number of fused-ring (bicyclic) bond motifs is 1. The largest absolute Gasteiger partial charge is 0.350 e. The monoisotopic (exact) mass is 933 g/mol. The lowest BCUT2D eigenvalue weighted by molar-refractivity contribution is -0.368. The van der Waals surface area contributed by atoms with Crippen molar-refractivity contribution >= 4 is 0 Å². The van der Waals surface area contributed by atoms with Crippen LogP contribution in [0.4, 0.5) is 0 Å². The van der Waals surface area contributed by atoms with Crippen LogP contribution in [0, 0.1) is 17.8 Å². The van der Waals surface area contributed by atoms with E-state index in [0.29, 0.717) is 13.2 Å². The first kappa shape index (κ1) is 60.1. The molecule has 6 nitrogen and oxygen atoms in total. The van der Waals surface area contributed by atoms with Crippen molar-refractivity contribution in [3.8, 4) is 0 Å². The molecular weight excluding hydrogens is 817 g/mol. The lowest BCUT2D eigenvalue weighted by Crippen LogP contribution is -2.61. The molecule has 0 aromatic rings. The van der Waals surface area contributed by atoms with Crippen LogP contribution in [0.3, 0.4) is 0 Å². The molecule has 0 aromatic carbocycles.